The summed E-state index contributed by atoms with van der Waals surface area (Å²) in [7, 11) is 0. The molecule has 20 heavy (non-hydrogen) atoms. The van der Waals surface area contributed by atoms with E-state index in [0.717, 1.165) is 25.7 Å². The maximum atomic E-state index is 9.62. The van der Waals surface area contributed by atoms with Crippen molar-refractivity contribution in [1.82, 2.24) is 0 Å². The van der Waals surface area contributed by atoms with Gasteiger partial charge in [0.05, 0.1) is 12.7 Å². The molecule has 1 unspecified atom stereocenters. The summed E-state index contributed by atoms with van der Waals surface area (Å²) in [5.41, 5.74) is 2.55. The van der Waals surface area contributed by atoms with Crippen LogP contribution >= 0.6 is 0 Å². The molecule has 0 radical (unpaired) electrons. The van der Waals surface area contributed by atoms with E-state index in [1.165, 1.54) is 11.1 Å². The molecule has 2 aliphatic rings. The highest BCUT2D eigenvalue weighted by atomic mass is 16.7. The van der Waals surface area contributed by atoms with Crippen molar-refractivity contribution in [2.24, 2.45) is 0 Å². The molecule has 1 aliphatic carbocycles. The quantitative estimate of drug-likeness (QED) is 0.898. The molecule has 1 aromatic carbocycles. The molecule has 0 aromatic heterocycles. The lowest BCUT2D eigenvalue weighted by atomic mass is 9.92. The fraction of sp³-hybridized carbons (Fsp3) is 0.647. The molecule has 1 aliphatic heterocycles. The van der Waals surface area contributed by atoms with Gasteiger partial charge < -0.3 is 14.6 Å². The Morgan fingerprint density at radius 3 is 2.70 bits per heavy atom. The number of ether oxygens (including phenoxy) is 2. The summed E-state index contributed by atoms with van der Waals surface area (Å²) in [6.45, 7) is 5.03. The number of aliphatic hydroxyl groups excluding tert-OH is 1. The smallest absolute Gasteiger partial charge is 0.169 e. The Hall–Kier alpha value is -0.900. The Balaban J connectivity index is 1.72. The van der Waals surface area contributed by atoms with Crippen LogP contribution in [0, 0.1) is 0 Å². The van der Waals surface area contributed by atoms with Crippen LogP contribution < -0.4 is 0 Å². The molecule has 0 bridgehead atoms. The van der Waals surface area contributed by atoms with Gasteiger partial charge in [-0.05, 0) is 29.9 Å². The standard InChI is InChI=1S/C17H24O3/c1-12(2)13-4-3-5-14(10-13)16-11-19-17(20-16)8-6-15(18)7-9-17/h3-5,10,12,15-16,18H,6-9,11H2,1-2H3. The maximum Gasteiger partial charge on any atom is 0.169 e. The SMILES string of the molecule is CC(C)c1cccc(C2COC3(CCC(O)CC3)O2)c1. The zero-order valence-corrected chi connectivity index (χ0v) is 12.3. The summed E-state index contributed by atoms with van der Waals surface area (Å²) in [6, 6.07) is 8.62. The van der Waals surface area contributed by atoms with Gasteiger partial charge in [-0.15, -0.1) is 0 Å². The second-order valence-electron chi connectivity index (χ2n) is 6.38. The predicted octanol–water partition coefficient (Wildman–Crippen LogP) is 3.53. The second-order valence-corrected chi connectivity index (χ2v) is 6.38. The summed E-state index contributed by atoms with van der Waals surface area (Å²) in [5, 5.41) is 9.62. The molecule has 3 nitrogen and oxygen atoms in total. The molecule has 1 atom stereocenters. The van der Waals surface area contributed by atoms with Crippen LogP contribution in [0.15, 0.2) is 24.3 Å². The second kappa shape index (κ2) is 5.47. The van der Waals surface area contributed by atoms with Gasteiger partial charge in [0.15, 0.2) is 5.79 Å². The van der Waals surface area contributed by atoms with E-state index in [1.807, 2.05) is 0 Å². The van der Waals surface area contributed by atoms with E-state index >= 15 is 0 Å². The number of hydrogen-bond acceptors (Lipinski definition) is 3. The van der Waals surface area contributed by atoms with Crippen LogP contribution in [0.1, 0.15) is 62.7 Å². The molecule has 0 amide bonds. The number of hydrogen-bond donors (Lipinski definition) is 1. The molecule has 1 saturated carbocycles. The van der Waals surface area contributed by atoms with E-state index in [-0.39, 0.29) is 12.2 Å². The maximum absolute atomic E-state index is 9.62. The Bertz CT molecular complexity index is 461. The lowest BCUT2D eigenvalue weighted by Gasteiger charge is -2.34. The van der Waals surface area contributed by atoms with Crippen LogP contribution in [0.5, 0.6) is 0 Å². The first-order valence-corrected chi connectivity index (χ1v) is 7.68. The van der Waals surface area contributed by atoms with Gasteiger partial charge in [-0.25, -0.2) is 0 Å². The molecule has 1 spiro atoms. The zero-order chi connectivity index (χ0) is 14.2. The first-order chi connectivity index (χ1) is 9.58. The van der Waals surface area contributed by atoms with Crippen molar-refractivity contribution in [1.29, 1.82) is 0 Å². The summed E-state index contributed by atoms with van der Waals surface area (Å²) in [5.74, 6) is 0.0774. The molecular formula is C17H24O3. The fourth-order valence-corrected chi connectivity index (χ4v) is 3.14. The van der Waals surface area contributed by atoms with E-state index < -0.39 is 5.79 Å². The minimum Gasteiger partial charge on any atom is -0.393 e. The fourth-order valence-electron chi connectivity index (χ4n) is 3.14. The Morgan fingerprint density at radius 2 is 2.00 bits per heavy atom. The van der Waals surface area contributed by atoms with Crippen molar-refractivity contribution in [2.75, 3.05) is 6.61 Å². The van der Waals surface area contributed by atoms with Gasteiger partial charge in [0.25, 0.3) is 0 Å². The van der Waals surface area contributed by atoms with E-state index in [4.69, 9.17) is 9.47 Å². The summed E-state index contributed by atoms with van der Waals surface area (Å²) in [6.07, 6.45) is 3.00. The van der Waals surface area contributed by atoms with Gasteiger partial charge in [-0.2, -0.15) is 0 Å². The molecular weight excluding hydrogens is 252 g/mol. The van der Waals surface area contributed by atoms with Crippen LogP contribution in [-0.2, 0) is 9.47 Å². The molecule has 3 rings (SSSR count). The zero-order valence-electron chi connectivity index (χ0n) is 12.3. The van der Waals surface area contributed by atoms with Crippen molar-refractivity contribution < 1.29 is 14.6 Å². The van der Waals surface area contributed by atoms with Crippen LogP contribution in [0.4, 0.5) is 0 Å². The van der Waals surface area contributed by atoms with E-state index in [0.29, 0.717) is 12.5 Å². The number of aliphatic hydroxyl groups is 1. The third-order valence-corrected chi connectivity index (χ3v) is 4.52. The first kappa shape index (κ1) is 14.1. The van der Waals surface area contributed by atoms with Gasteiger partial charge in [0, 0.05) is 12.8 Å². The van der Waals surface area contributed by atoms with Crippen LogP contribution in [0.25, 0.3) is 0 Å². The Labute approximate surface area is 120 Å². The van der Waals surface area contributed by atoms with Gasteiger partial charge in [0.2, 0.25) is 0 Å². The lowest BCUT2D eigenvalue weighted by Crippen LogP contribution is -2.36. The molecule has 1 aromatic rings. The average molecular weight is 276 g/mol. The third kappa shape index (κ3) is 2.76. The molecule has 110 valence electrons. The highest BCUT2D eigenvalue weighted by Gasteiger charge is 2.44. The van der Waals surface area contributed by atoms with Crippen LogP contribution in [0.3, 0.4) is 0 Å². The Kier molecular flexibility index (Phi) is 3.85. The van der Waals surface area contributed by atoms with Crippen molar-refractivity contribution in [3.8, 4) is 0 Å². The topological polar surface area (TPSA) is 38.7 Å². The lowest BCUT2D eigenvalue weighted by molar-refractivity contribution is -0.198. The predicted molar refractivity (Wildman–Crippen MR) is 77.5 cm³/mol. The average Bonchev–Trinajstić information content (AvgIpc) is 2.87. The van der Waals surface area contributed by atoms with E-state index in [1.54, 1.807) is 0 Å². The number of rotatable bonds is 2. The Morgan fingerprint density at radius 1 is 1.25 bits per heavy atom. The normalized spacial score (nSPS) is 34.0. The van der Waals surface area contributed by atoms with Crippen molar-refractivity contribution in [3.63, 3.8) is 0 Å². The summed E-state index contributed by atoms with van der Waals surface area (Å²) in [4.78, 5) is 0. The molecule has 1 N–H and O–H groups in total. The summed E-state index contributed by atoms with van der Waals surface area (Å²) >= 11 is 0. The van der Waals surface area contributed by atoms with Crippen molar-refractivity contribution >= 4 is 0 Å². The van der Waals surface area contributed by atoms with Crippen LogP contribution in [0.2, 0.25) is 0 Å². The minimum absolute atomic E-state index is 0.0314. The third-order valence-electron chi connectivity index (χ3n) is 4.52. The summed E-state index contributed by atoms with van der Waals surface area (Å²) < 4.78 is 12.2. The molecule has 2 fully saturated rings. The monoisotopic (exact) mass is 276 g/mol. The van der Waals surface area contributed by atoms with Crippen LogP contribution in [-0.4, -0.2) is 23.6 Å². The van der Waals surface area contributed by atoms with Crippen molar-refractivity contribution in [2.45, 2.75) is 63.4 Å². The highest BCUT2D eigenvalue weighted by molar-refractivity contribution is 5.28. The molecule has 1 saturated heterocycles. The first-order valence-electron chi connectivity index (χ1n) is 7.68. The number of benzene rings is 1. The van der Waals surface area contributed by atoms with Gasteiger partial charge in [-0.3, -0.25) is 0 Å². The van der Waals surface area contributed by atoms with Crippen molar-refractivity contribution in [3.05, 3.63) is 35.4 Å². The van der Waals surface area contributed by atoms with Gasteiger partial charge >= 0.3 is 0 Å². The minimum atomic E-state index is -0.447. The van der Waals surface area contributed by atoms with E-state index in [2.05, 4.69) is 38.1 Å². The molecule has 1 heterocycles. The largest absolute Gasteiger partial charge is 0.393 e. The highest BCUT2D eigenvalue weighted by Crippen LogP contribution is 2.42. The van der Waals surface area contributed by atoms with E-state index in [9.17, 15) is 5.11 Å². The van der Waals surface area contributed by atoms with Gasteiger partial charge in [0.1, 0.15) is 6.10 Å². The molecule has 3 heteroatoms. The van der Waals surface area contributed by atoms with Gasteiger partial charge in [-0.1, -0.05) is 38.1 Å².